The van der Waals surface area contributed by atoms with Crippen LogP contribution in [0.2, 0.25) is 0 Å². The van der Waals surface area contributed by atoms with E-state index in [1.54, 1.807) is 17.7 Å². The van der Waals surface area contributed by atoms with Crippen LogP contribution in [0.4, 0.5) is 0 Å². The van der Waals surface area contributed by atoms with E-state index in [4.69, 9.17) is 4.74 Å². The van der Waals surface area contributed by atoms with Crippen molar-refractivity contribution >= 4 is 17.2 Å². The van der Waals surface area contributed by atoms with Gasteiger partial charge in [-0.15, -0.1) is 21.5 Å². The minimum absolute atomic E-state index is 0.0172. The predicted molar refractivity (Wildman–Crippen MR) is 88.2 cm³/mol. The predicted octanol–water partition coefficient (Wildman–Crippen LogP) is 2.14. The second-order valence-corrected chi connectivity index (χ2v) is 6.84. The Morgan fingerprint density at radius 3 is 3.17 bits per heavy atom. The van der Waals surface area contributed by atoms with Crippen molar-refractivity contribution in [3.63, 3.8) is 0 Å². The summed E-state index contributed by atoms with van der Waals surface area (Å²) in [5, 5.41) is 10.2. The average molecular weight is 334 g/mol. The largest absolute Gasteiger partial charge is 0.366 e. The standard InChI is InChI=1S/C16H22N4O2S/c1-3-19-11-17-18-15(19)14-10-20(6-7-22-14)16(21)12(2)9-13-5-4-8-23-13/h4-5,8,11-12,14H,3,6-7,9-10H2,1-2H3/t12-,14+/m1/s1. The summed E-state index contributed by atoms with van der Waals surface area (Å²) in [6.07, 6.45) is 2.31. The number of aryl methyl sites for hydroxylation is 1. The van der Waals surface area contributed by atoms with Gasteiger partial charge in [-0.25, -0.2) is 0 Å². The molecular formula is C16H22N4O2S. The number of carbonyl (C=O) groups is 1. The normalized spacial score (nSPS) is 19.7. The molecule has 2 aromatic heterocycles. The Kier molecular flexibility index (Phi) is 5.07. The Morgan fingerprint density at radius 2 is 2.43 bits per heavy atom. The van der Waals surface area contributed by atoms with E-state index in [2.05, 4.69) is 21.6 Å². The summed E-state index contributed by atoms with van der Waals surface area (Å²) in [6.45, 7) is 6.57. The summed E-state index contributed by atoms with van der Waals surface area (Å²) in [6, 6.07) is 4.11. The van der Waals surface area contributed by atoms with Crippen molar-refractivity contribution in [2.75, 3.05) is 19.7 Å². The quantitative estimate of drug-likeness (QED) is 0.840. The number of amides is 1. The maximum Gasteiger partial charge on any atom is 0.225 e. The lowest BCUT2D eigenvalue weighted by atomic mass is 10.0. The maximum atomic E-state index is 12.7. The molecular weight excluding hydrogens is 312 g/mol. The minimum Gasteiger partial charge on any atom is -0.366 e. The minimum atomic E-state index is -0.191. The molecule has 1 aliphatic rings. The van der Waals surface area contributed by atoms with Crippen molar-refractivity contribution in [2.24, 2.45) is 5.92 Å². The van der Waals surface area contributed by atoms with Gasteiger partial charge in [0.25, 0.3) is 0 Å². The average Bonchev–Trinajstić information content (AvgIpc) is 3.25. The summed E-state index contributed by atoms with van der Waals surface area (Å²) in [5.74, 6) is 0.974. The number of carbonyl (C=O) groups excluding carboxylic acids is 1. The highest BCUT2D eigenvalue weighted by Gasteiger charge is 2.30. The van der Waals surface area contributed by atoms with Crippen molar-refractivity contribution in [1.82, 2.24) is 19.7 Å². The van der Waals surface area contributed by atoms with Crippen LogP contribution in [0.5, 0.6) is 0 Å². The molecule has 3 heterocycles. The zero-order chi connectivity index (χ0) is 16.2. The van der Waals surface area contributed by atoms with Crippen LogP contribution in [0.1, 0.15) is 30.7 Å². The molecule has 1 amide bonds. The summed E-state index contributed by atoms with van der Waals surface area (Å²) in [4.78, 5) is 15.9. The van der Waals surface area contributed by atoms with Crippen LogP contribution >= 0.6 is 11.3 Å². The van der Waals surface area contributed by atoms with Crippen molar-refractivity contribution < 1.29 is 9.53 Å². The number of hydrogen-bond acceptors (Lipinski definition) is 5. The molecule has 2 atom stereocenters. The van der Waals surface area contributed by atoms with E-state index in [1.807, 2.05) is 29.4 Å². The Labute approximate surface area is 140 Å². The monoisotopic (exact) mass is 334 g/mol. The molecule has 7 heteroatoms. The molecule has 0 aliphatic carbocycles. The zero-order valence-electron chi connectivity index (χ0n) is 13.5. The van der Waals surface area contributed by atoms with Gasteiger partial charge >= 0.3 is 0 Å². The fourth-order valence-electron chi connectivity index (χ4n) is 2.89. The number of rotatable bonds is 5. The van der Waals surface area contributed by atoms with Gasteiger partial charge in [-0.2, -0.15) is 0 Å². The van der Waals surface area contributed by atoms with E-state index < -0.39 is 0 Å². The molecule has 3 rings (SSSR count). The lowest BCUT2D eigenvalue weighted by Crippen LogP contribution is -2.45. The fourth-order valence-corrected chi connectivity index (χ4v) is 3.73. The first-order valence-corrected chi connectivity index (χ1v) is 8.87. The number of thiophene rings is 1. The third-order valence-electron chi connectivity index (χ3n) is 4.16. The molecule has 0 unspecified atom stereocenters. The molecule has 0 radical (unpaired) electrons. The molecule has 0 aromatic carbocycles. The van der Waals surface area contributed by atoms with Crippen molar-refractivity contribution in [3.05, 3.63) is 34.5 Å². The smallest absolute Gasteiger partial charge is 0.225 e. The summed E-state index contributed by atoms with van der Waals surface area (Å²) in [7, 11) is 0. The molecule has 2 aromatic rings. The van der Waals surface area contributed by atoms with Crippen LogP contribution in [-0.4, -0.2) is 45.3 Å². The number of hydrogen-bond donors (Lipinski definition) is 0. The molecule has 124 valence electrons. The van der Waals surface area contributed by atoms with Gasteiger partial charge in [0.1, 0.15) is 12.4 Å². The Morgan fingerprint density at radius 1 is 1.57 bits per heavy atom. The van der Waals surface area contributed by atoms with Crippen LogP contribution < -0.4 is 0 Å². The number of ether oxygens (including phenoxy) is 1. The Bertz CT molecular complexity index is 640. The van der Waals surface area contributed by atoms with Gasteiger partial charge in [0.05, 0.1) is 13.2 Å². The molecule has 0 N–H and O–H groups in total. The Hall–Kier alpha value is -1.73. The molecule has 0 bridgehead atoms. The van der Waals surface area contributed by atoms with Crippen molar-refractivity contribution in [2.45, 2.75) is 32.9 Å². The molecule has 1 fully saturated rings. The molecule has 23 heavy (non-hydrogen) atoms. The zero-order valence-corrected chi connectivity index (χ0v) is 14.3. The van der Waals surface area contributed by atoms with Gasteiger partial charge in [0.15, 0.2) is 5.82 Å². The van der Waals surface area contributed by atoms with E-state index in [0.29, 0.717) is 19.7 Å². The number of nitrogens with zero attached hydrogens (tertiary/aromatic N) is 4. The van der Waals surface area contributed by atoms with Crippen molar-refractivity contribution in [1.29, 1.82) is 0 Å². The SMILES string of the molecule is CCn1cnnc1[C@@H]1CN(C(=O)[C@H](C)Cc2cccs2)CCO1. The molecule has 6 nitrogen and oxygen atoms in total. The highest BCUT2D eigenvalue weighted by atomic mass is 32.1. The maximum absolute atomic E-state index is 12.7. The molecule has 0 saturated carbocycles. The second-order valence-electron chi connectivity index (χ2n) is 5.80. The molecule has 1 aliphatic heterocycles. The van der Waals surface area contributed by atoms with Gasteiger partial charge in [-0.05, 0) is 24.8 Å². The third-order valence-corrected chi connectivity index (χ3v) is 5.06. The summed E-state index contributed by atoms with van der Waals surface area (Å²) < 4.78 is 7.78. The van der Waals surface area contributed by atoms with Gasteiger partial charge < -0.3 is 14.2 Å². The lowest BCUT2D eigenvalue weighted by molar-refractivity contribution is -0.143. The molecule has 1 saturated heterocycles. The van der Waals surface area contributed by atoms with E-state index in [-0.39, 0.29) is 17.9 Å². The highest BCUT2D eigenvalue weighted by molar-refractivity contribution is 7.09. The van der Waals surface area contributed by atoms with Crippen LogP contribution in [0.15, 0.2) is 23.8 Å². The fraction of sp³-hybridized carbons (Fsp3) is 0.562. The van der Waals surface area contributed by atoms with E-state index >= 15 is 0 Å². The first kappa shape index (κ1) is 16.1. The van der Waals surface area contributed by atoms with Gasteiger partial charge in [0.2, 0.25) is 5.91 Å². The second kappa shape index (κ2) is 7.23. The van der Waals surface area contributed by atoms with Crippen LogP contribution in [0, 0.1) is 5.92 Å². The van der Waals surface area contributed by atoms with Crippen LogP contribution in [-0.2, 0) is 22.5 Å². The van der Waals surface area contributed by atoms with Gasteiger partial charge in [0, 0.05) is 23.9 Å². The summed E-state index contributed by atoms with van der Waals surface area (Å²) in [5.41, 5.74) is 0. The topological polar surface area (TPSA) is 60.2 Å². The highest BCUT2D eigenvalue weighted by Crippen LogP contribution is 2.23. The van der Waals surface area contributed by atoms with Crippen molar-refractivity contribution in [3.8, 4) is 0 Å². The van der Waals surface area contributed by atoms with Gasteiger partial charge in [-0.3, -0.25) is 4.79 Å². The molecule has 0 spiro atoms. The lowest BCUT2D eigenvalue weighted by Gasteiger charge is -2.34. The van der Waals surface area contributed by atoms with E-state index in [0.717, 1.165) is 18.8 Å². The third kappa shape index (κ3) is 3.61. The van der Waals surface area contributed by atoms with Crippen LogP contribution in [0.3, 0.4) is 0 Å². The first-order chi connectivity index (χ1) is 11.2. The van der Waals surface area contributed by atoms with E-state index in [1.165, 1.54) is 4.88 Å². The number of morpholine rings is 1. The van der Waals surface area contributed by atoms with E-state index in [9.17, 15) is 4.79 Å². The number of aromatic nitrogens is 3. The summed E-state index contributed by atoms with van der Waals surface area (Å²) >= 11 is 1.70. The van der Waals surface area contributed by atoms with Gasteiger partial charge in [-0.1, -0.05) is 13.0 Å². The Balaban J connectivity index is 1.64. The first-order valence-electron chi connectivity index (χ1n) is 7.99. The van der Waals surface area contributed by atoms with Crippen LogP contribution in [0.25, 0.3) is 0 Å².